The zero-order valence-corrected chi connectivity index (χ0v) is 22.4. The number of hydrogen-bond acceptors (Lipinski definition) is 4. The molecule has 0 saturated heterocycles. The van der Waals surface area contributed by atoms with Crippen LogP contribution in [0.5, 0.6) is 0 Å². The molecule has 4 aromatic rings. The molecule has 0 radical (unpaired) electrons. The van der Waals surface area contributed by atoms with Crippen molar-refractivity contribution in [2.24, 2.45) is 0 Å². The lowest BCUT2D eigenvalue weighted by atomic mass is 10.00. The maximum absolute atomic E-state index is 14.8. The summed E-state index contributed by atoms with van der Waals surface area (Å²) in [6, 6.07) is 31.6. The molecule has 0 fully saturated rings. The fourth-order valence-electron chi connectivity index (χ4n) is 4.84. The molecule has 0 amide bonds. The molecule has 0 atom stereocenters. The van der Waals surface area contributed by atoms with Crippen molar-refractivity contribution in [2.75, 3.05) is 13.2 Å². The Morgan fingerprint density at radius 1 is 0.771 bits per heavy atom. The lowest BCUT2D eigenvalue weighted by Gasteiger charge is -2.38. The molecule has 0 bridgehead atoms. The van der Waals surface area contributed by atoms with Gasteiger partial charge in [-0.25, -0.2) is 0 Å². The van der Waals surface area contributed by atoms with Gasteiger partial charge in [0.2, 0.25) is 0 Å². The summed E-state index contributed by atoms with van der Waals surface area (Å²) in [5.74, 6) is 0. The molecule has 178 valence electrons. The summed E-state index contributed by atoms with van der Waals surface area (Å²) in [7, 11) is -3.65. The summed E-state index contributed by atoms with van der Waals surface area (Å²) in [5, 5.41) is 8.42. The van der Waals surface area contributed by atoms with Gasteiger partial charge in [0.05, 0.1) is 18.2 Å². The highest BCUT2D eigenvalue weighted by atomic mass is 32.1. The molecule has 35 heavy (non-hydrogen) atoms. The number of fused-ring (bicyclic) bond motifs is 1. The summed E-state index contributed by atoms with van der Waals surface area (Å²) in [5.41, 5.74) is 3.33. The molecule has 0 N–H and O–H groups in total. The first-order valence-corrected chi connectivity index (χ1v) is 16.0. The Bertz CT molecular complexity index is 1390. The van der Waals surface area contributed by atoms with Gasteiger partial charge in [0, 0.05) is 0 Å². The second-order valence-electron chi connectivity index (χ2n) is 8.12. The van der Waals surface area contributed by atoms with Crippen LogP contribution >= 0.6 is 25.8 Å². The highest BCUT2D eigenvalue weighted by Crippen LogP contribution is 2.64. The molecule has 1 aromatic heterocycles. The number of hydrogen-bond donors (Lipinski definition) is 0. The van der Waals surface area contributed by atoms with Gasteiger partial charge in [0.15, 0.2) is 0 Å². The Hall–Kier alpha value is -2.45. The summed E-state index contributed by atoms with van der Waals surface area (Å²) in [6.07, 6.45) is 2.12. The van der Waals surface area contributed by atoms with Crippen LogP contribution in [0.4, 0.5) is 0 Å². The van der Waals surface area contributed by atoms with E-state index in [1.54, 1.807) is 11.3 Å². The van der Waals surface area contributed by atoms with Crippen LogP contribution in [0.2, 0.25) is 0 Å². The van der Waals surface area contributed by atoms with Gasteiger partial charge in [0.25, 0.3) is 0 Å². The average Bonchev–Trinajstić information content (AvgIpc) is 3.44. The van der Waals surface area contributed by atoms with Gasteiger partial charge >= 0.3 is 7.60 Å². The first-order chi connectivity index (χ1) is 17.1. The van der Waals surface area contributed by atoms with Crippen LogP contribution in [0.25, 0.3) is 5.57 Å². The van der Waals surface area contributed by atoms with E-state index in [1.807, 2.05) is 26.0 Å². The van der Waals surface area contributed by atoms with Crippen LogP contribution in [0.15, 0.2) is 108 Å². The molecule has 0 saturated carbocycles. The molecule has 6 heteroatoms. The van der Waals surface area contributed by atoms with Crippen LogP contribution in [-0.4, -0.2) is 18.2 Å². The summed E-state index contributed by atoms with van der Waals surface area (Å²) < 4.78 is 26.9. The topological polar surface area (TPSA) is 35.5 Å². The van der Waals surface area contributed by atoms with E-state index in [-0.39, 0.29) is 0 Å². The summed E-state index contributed by atoms with van der Waals surface area (Å²) >= 11 is 1.66. The first-order valence-electron chi connectivity index (χ1n) is 11.8. The first kappa shape index (κ1) is 24.3. The van der Waals surface area contributed by atoms with Crippen LogP contribution in [-0.2, 0) is 13.6 Å². The summed E-state index contributed by atoms with van der Waals surface area (Å²) in [6.45, 7) is 1.76. The minimum Gasteiger partial charge on any atom is -0.305 e. The zero-order valence-electron chi connectivity index (χ0n) is 19.8. The molecule has 0 aliphatic carbocycles. The molecule has 3 aromatic carbocycles. The van der Waals surface area contributed by atoms with E-state index in [9.17, 15) is 4.57 Å². The van der Waals surface area contributed by atoms with Crippen molar-refractivity contribution in [2.45, 2.75) is 13.8 Å². The van der Waals surface area contributed by atoms with Crippen molar-refractivity contribution in [1.82, 2.24) is 0 Å². The Morgan fingerprint density at radius 3 is 1.89 bits per heavy atom. The van der Waals surface area contributed by atoms with E-state index in [0.717, 1.165) is 32.3 Å². The predicted molar refractivity (Wildman–Crippen MR) is 152 cm³/mol. The number of benzene rings is 3. The van der Waals surface area contributed by atoms with Crippen LogP contribution in [0, 0.1) is 0 Å². The maximum atomic E-state index is 14.8. The number of thiophene rings is 1. The molecular formula is C29H28O3P2S. The van der Waals surface area contributed by atoms with Crippen molar-refractivity contribution < 1.29 is 13.6 Å². The molecule has 2 heterocycles. The van der Waals surface area contributed by atoms with E-state index < -0.39 is 14.5 Å². The van der Waals surface area contributed by atoms with Crippen molar-refractivity contribution in [3.8, 4) is 0 Å². The molecule has 0 unspecified atom stereocenters. The quantitative estimate of drug-likeness (QED) is 0.239. The Morgan fingerprint density at radius 2 is 1.34 bits per heavy atom. The smallest absolute Gasteiger partial charge is 0.305 e. The summed E-state index contributed by atoms with van der Waals surface area (Å²) in [4.78, 5) is 0. The molecule has 0 spiro atoms. The van der Waals surface area contributed by atoms with Crippen molar-refractivity contribution >= 4 is 52.3 Å². The highest BCUT2D eigenvalue weighted by Gasteiger charge is 2.43. The SMILES string of the molecule is CCOP(=O)(OCC)C1=P(c2ccccc2)(c2ccccc2)c2ccccc2C(c2ccsc2)=C1. The van der Waals surface area contributed by atoms with Crippen molar-refractivity contribution in [3.63, 3.8) is 0 Å². The minimum absolute atomic E-state index is 0.299. The molecule has 3 nitrogen and oxygen atoms in total. The highest BCUT2D eigenvalue weighted by molar-refractivity contribution is 8.06. The van der Waals surface area contributed by atoms with E-state index >= 15 is 0 Å². The minimum atomic E-state index is -3.65. The van der Waals surface area contributed by atoms with Gasteiger partial charge < -0.3 is 9.05 Å². The normalized spacial score (nSPS) is 14.9. The largest absolute Gasteiger partial charge is 0.362 e. The lowest BCUT2D eigenvalue weighted by molar-refractivity contribution is 0.233. The number of rotatable bonds is 8. The molecular weight excluding hydrogens is 490 g/mol. The third-order valence-electron chi connectivity index (χ3n) is 6.17. The van der Waals surface area contributed by atoms with Crippen molar-refractivity contribution in [1.29, 1.82) is 0 Å². The Kier molecular flexibility index (Phi) is 7.12. The van der Waals surface area contributed by atoms with E-state index in [4.69, 9.17) is 9.05 Å². The molecule has 1 aliphatic heterocycles. The van der Waals surface area contributed by atoms with Crippen LogP contribution in [0.1, 0.15) is 25.0 Å². The maximum Gasteiger partial charge on any atom is 0.362 e. The standard InChI is InChI=1S/C29H28O3P2S/c1-3-31-34(30,32-4-2)29-21-27(23-19-20-35-22-23)26-17-11-12-18-28(26)33(29,24-13-7-5-8-14-24)25-15-9-6-10-16-25/h5-22H,3-4H2,1-2H3. The third kappa shape index (κ3) is 4.14. The Labute approximate surface area is 211 Å². The van der Waals surface area contributed by atoms with Gasteiger partial charge in [-0.15, -0.1) is 0 Å². The van der Waals surface area contributed by atoms with Gasteiger partial charge in [0.1, 0.15) is 0 Å². The predicted octanol–water partition coefficient (Wildman–Crippen LogP) is 6.88. The van der Waals surface area contributed by atoms with Crippen molar-refractivity contribution in [3.05, 3.63) is 119 Å². The van der Waals surface area contributed by atoms with E-state index in [1.165, 1.54) is 5.30 Å². The second kappa shape index (κ2) is 10.3. The molecule has 5 rings (SSSR count). The van der Waals surface area contributed by atoms with Gasteiger partial charge in [-0.2, -0.15) is 11.3 Å². The molecule has 1 aliphatic rings. The van der Waals surface area contributed by atoms with Gasteiger partial charge in [-0.05, 0) is 76.2 Å². The van der Waals surface area contributed by atoms with Crippen LogP contribution in [0.3, 0.4) is 0 Å². The Balaban J connectivity index is 2.06. The van der Waals surface area contributed by atoms with Gasteiger partial charge in [-0.3, -0.25) is 4.57 Å². The fraction of sp³-hybridized carbons (Fsp3) is 0.138. The monoisotopic (exact) mass is 518 g/mol. The van der Waals surface area contributed by atoms with E-state index in [0.29, 0.717) is 13.2 Å². The third-order valence-corrected chi connectivity index (χ3v) is 14.4. The lowest BCUT2D eigenvalue weighted by Crippen LogP contribution is -2.34. The van der Waals surface area contributed by atoms with E-state index in [2.05, 4.69) is 95.7 Å². The zero-order chi connectivity index (χ0) is 24.3. The average molecular weight is 519 g/mol. The van der Waals surface area contributed by atoms with Crippen LogP contribution < -0.4 is 15.9 Å². The second-order valence-corrected chi connectivity index (χ2v) is 14.6. The van der Waals surface area contributed by atoms with Gasteiger partial charge in [-0.1, -0.05) is 84.9 Å². The fourth-order valence-corrected chi connectivity index (χ4v) is 13.7. The number of allylic oxidation sites excluding steroid dienone is 1.